The highest BCUT2D eigenvalue weighted by Gasteiger charge is 2.35. The first-order valence-electron chi connectivity index (χ1n) is 36.2. The highest BCUT2D eigenvalue weighted by Crippen LogP contribution is 2.59. The highest BCUT2D eigenvalue weighted by atomic mass is 16.5. The summed E-state index contributed by atoms with van der Waals surface area (Å²) < 4.78 is 35.1. The van der Waals surface area contributed by atoms with Crippen molar-refractivity contribution in [3.05, 3.63) is 211 Å². The minimum absolute atomic E-state index is 0.260. The largest absolute Gasteiger partial charge is 0.457 e. The summed E-state index contributed by atoms with van der Waals surface area (Å²) in [5, 5.41) is 7.44. The standard InChI is InChI=1S/C92H96N4O6/c1-85(2,3)49-33-50(86(4,5)6)38-57(37-49)99-69-45-61-73-63(83(97)95-67-31-27-25-29-65(67)93-81(61)95)47-71(101-59-41-53(89(13,14)15)35-54(42-59)90(16,17)18)77-78-72(102-60-43-55(91(19,20)21)36-56(44-60)92(22,23)24)48-64-74-62(82-94-66-30-26-28-32-68(66)96(82)84(64)98)46-70(76(80(74)78)75(69)79(73)77)100-58-39-51(87(7,8)9)34-52(40-58)88(10,11)12/h25-48H,1-24H3. The van der Waals surface area contributed by atoms with Crippen molar-refractivity contribution in [2.45, 2.75) is 209 Å². The Morgan fingerprint density at radius 3 is 0.696 bits per heavy atom. The molecule has 4 heterocycles. The van der Waals surface area contributed by atoms with Crippen molar-refractivity contribution in [2.24, 2.45) is 0 Å². The molecule has 0 N–H and O–H groups in total. The Kier molecular flexibility index (Phi) is 14.9. The molecule has 0 bridgehead atoms. The Morgan fingerprint density at radius 2 is 0.471 bits per heavy atom. The lowest BCUT2D eigenvalue weighted by atomic mass is 9.80. The van der Waals surface area contributed by atoms with Gasteiger partial charge in [0.1, 0.15) is 57.3 Å². The number of hydrogen-bond acceptors (Lipinski definition) is 8. The van der Waals surface area contributed by atoms with Crippen molar-refractivity contribution in [1.82, 2.24) is 18.8 Å². The van der Waals surface area contributed by atoms with Gasteiger partial charge in [-0.1, -0.05) is 215 Å². The van der Waals surface area contributed by atoms with Crippen LogP contribution in [-0.4, -0.2) is 18.8 Å². The van der Waals surface area contributed by atoms with E-state index >= 15 is 9.59 Å². The zero-order chi connectivity index (χ0) is 73.2. The van der Waals surface area contributed by atoms with Gasteiger partial charge >= 0.3 is 0 Å². The minimum atomic E-state index is -0.289. The predicted octanol–water partition coefficient (Wildman–Crippen LogP) is 24.8. The van der Waals surface area contributed by atoms with Crippen LogP contribution in [0.15, 0.2) is 155 Å². The SMILES string of the molecule is CC(C)(C)c1cc(Oc2cc3c(=O)n4c5ccccc5nc4c4cc(Oc5cc(C(C)(C)C)cc(C(C)(C)C)c5)c5c6c(Oc7cc(C(C)(C)C)cc(C(C)(C)C)c7)cc7c8c(cc(Oc9cc(C(C)(C)C)cc(C(C)(C)C)c9)c(c2c5c34)c68)c(=O)n2c3ccccc3nc72)cc(C(C)(C)C)c1. The van der Waals surface area contributed by atoms with Gasteiger partial charge in [-0.25, -0.2) is 9.97 Å². The molecule has 10 nitrogen and oxygen atoms in total. The van der Waals surface area contributed by atoms with Crippen molar-refractivity contribution >= 4 is 98.0 Å². The smallest absolute Gasteiger partial charge is 0.264 e. The molecule has 0 aliphatic heterocycles. The molecule has 15 aromatic rings. The van der Waals surface area contributed by atoms with Crippen molar-refractivity contribution < 1.29 is 18.9 Å². The summed E-state index contributed by atoms with van der Waals surface area (Å²) >= 11 is 0. The van der Waals surface area contributed by atoms with Gasteiger partial charge in [0.25, 0.3) is 11.1 Å². The van der Waals surface area contributed by atoms with Gasteiger partial charge in [-0.2, -0.15) is 0 Å². The van der Waals surface area contributed by atoms with Crippen LogP contribution in [0.2, 0.25) is 0 Å². The zero-order valence-electron chi connectivity index (χ0n) is 64.1. The van der Waals surface area contributed by atoms with E-state index < -0.39 is 0 Å². The second-order valence-corrected chi connectivity index (χ2v) is 37.2. The van der Waals surface area contributed by atoms with E-state index in [2.05, 4.69) is 251 Å². The van der Waals surface area contributed by atoms with Crippen LogP contribution in [0.25, 0.3) is 98.0 Å². The first-order valence-corrected chi connectivity index (χ1v) is 36.2. The van der Waals surface area contributed by atoms with Crippen LogP contribution in [0, 0.1) is 0 Å². The van der Waals surface area contributed by atoms with Gasteiger partial charge in [-0.05, 0) is 185 Å². The molecule has 4 aromatic heterocycles. The van der Waals surface area contributed by atoms with Gasteiger partial charge in [0.05, 0.1) is 32.8 Å². The maximum Gasteiger partial charge on any atom is 0.264 e. The second-order valence-electron chi connectivity index (χ2n) is 37.2. The van der Waals surface area contributed by atoms with E-state index in [9.17, 15) is 0 Å². The van der Waals surface area contributed by atoms with Crippen molar-refractivity contribution in [3.63, 3.8) is 0 Å². The number of aromatic nitrogens is 4. The predicted molar refractivity (Wildman–Crippen MR) is 426 cm³/mol. The van der Waals surface area contributed by atoms with Gasteiger partial charge < -0.3 is 18.9 Å². The topological polar surface area (TPSA) is 106 Å². The molecule has 0 saturated carbocycles. The van der Waals surface area contributed by atoms with Gasteiger partial charge in [0, 0.05) is 53.9 Å². The Morgan fingerprint density at radius 1 is 0.255 bits per heavy atom. The summed E-state index contributed by atoms with van der Waals surface area (Å²) in [6, 6.07) is 50.2. The molecule has 0 spiro atoms. The lowest BCUT2D eigenvalue weighted by Gasteiger charge is -2.28. The summed E-state index contributed by atoms with van der Waals surface area (Å²) in [6.07, 6.45) is 0. The average Bonchev–Trinajstić information content (AvgIpc) is 1.23. The summed E-state index contributed by atoms with van der Waals surface area (Å²) in [5.41, 5.74) is 9.63. The first-order chi connectivity index (χ1) is 47.4. The lowest BCUT2D eigenvalue weighted by molar-refractivity contribution is 0.474. The van der Waals surface area contributed by atoms with E-state index in [0.29, 0.717) is 144 Å². The van der Waals surface area contributed by atoms with E-state index in [0.717, 1.165) is 44.5 Å². The first kappa shape index (κ1) is 68.0. The molecule has 11 aromatic carbocycles. The fraction of sp³-hybridized carbons (Fsp3) is 0.348. The number of pyridine rings is 2. The van der Waals surface area contributed by atoms with Crippen LogP contribution in [-0.2, 0) is 43.3 Å². The molecule has 0 aliphatic rings. The monoisotopic (exact) mass is 1350 g/mol. The summed E-state index contributed by atoms with van der Waals surface area (Å²) in [6.45, 7) is 53.5. The molecule has 10 heteroatoms. The quantitative estimate of drug-likeness (QED) is 0.109. The molecular formula is C92H96N4O6. The van der Waals surface area contributed by atoms with Crippen LogP contribution in [0.3, 0.4) is 0 Å². The molecular weight excluding hydrogens is 1260 g/mol. The number of hydrogen-bond donors (Lipinski definition) is 0. The molecule has 15 rings (SSSR count). The van der Waals surface area contributed by atoms with Crippen LogP contribution in [0.4, 0.5) is 0 Å². The molecule has 0 aliphatic carbocycles. The van der Waals surface area contributed by atoms with Gasteiger partial charge in [-0.3, -0.25) is 18.4 Å². The van der Waals surface area contributed by atoms with E-state index in [1.807, 2.05) is 60.7 Å². The lowest BCUT2D eigenvalue weighted by Crippen LogP contribution is -2.17. The number of para-hydroxylation sites is 4. The third-order valence-electron chi connectivity index (χ3n) is 21.1. The summed E-state index contributed by atoms with van der Waals surface area (Å²) in [7, 11) is 0. The maximum atomic E-state index is 16.5. The van der Waals surface area contributed by atoms with E-state index in [1.165, 1.54) is 0 Å². The minimum Gasteiger partial charge on any atom is -0.457 e. The van der Waals surface area contributed by atoms with Crippen LogP contribution in [0.1, 0.15) is 211 Å². The fourth-order valence-corrected chi connectivity index (χ4v) is 14.8. The van der Waals surface area contributed by atoms with Crippen molar-refractivity contribution in [1.29, 1.82) is 0 Å². The third kappa shape index (κ3) is 11.3. The fourth-order valence-electron chi connectivity index (χ4n) is 14.8. The number of benzene rings is 11. The van der Waals surface area contributed by atoms with Crippen LogP contribution < -0.4 is 30.1 Å². The maximum absolute atomic E-state index is 16.5. The normalized spacial score (nSPS) is 13.6. The molecule has 0 unspecified atom stereocenters. The number of fused-ring (bicyclic) bond motifs is 10. The molecule has 0 amide bonds. The zero-order valence-corrected chi connectivity index (χ0v) is 64.1. The third-order valence-corrected chi connectivity index (χ3v) is 21.1. The van der Waals surface area contributed by atoms with E-state index in [4.69, 9.17) is 28.9 Å². The Hall–Kier alpha value is -9.80. The summed E-state index contributed by atoms with van der Waals surface area (Å²) in [5.74, 6) is 4.21. The number of imidazole rings is 2. The number of ether oxygens (including phenoxy) is 4. The van der Waals surface area contributed by atoms with Crippen molar-refractivity contribution in [3.8, 4) is 46.0 Å². The van der Waals surface area contributed by atoms with E-state index in [-0.39, 0.29) is 54.4 Å². The summed E-state index contributed by atoms with van der Waals surface area (Å²) in [4.78, 5) is 43.9. The van der Waals surface area contributed by atoms with Gasteiger partial charge in [0.2, 0.25) is 0 Å². The van der Waals surface area contributed by atoms with E-state index in [1.54, 1.807) is 8.80 Å². The molecule has 0 fully saturated rings. The molecule has 102 heavy (non-hydrogen) atoms. The Bertz CT molecular complexity index is 5600. The molecule has 0 atom stereocenters. The molecule has 520 valence electrons. The van der Waals surface area contributed by atoms with Crippen LogP contribution >= 0.6 is 0 Å². The van der Waals surface area contributed by atoms with Crippen LogP contribution in [0.5, 0.6) is 46.0 Å². The molecule has 0 radical (unpaired) electrons. The average molecular weight is 1350 g/mol. The molecule has 0 saturated heterocycles. The second kappa shape index (κ2) is 22.4. The Balaban J connectivity index is 1.25. The highest BCUT2D eigenvalue weighted by molar-refractivity contribution is 6.45. The van der Waals surface area contributed by atoms with Gasteiger partial charge in [-0.15, -0.1) is 0 Å². The van der Waals surface area contributed by atoms with Gasteiger partial charge in [0.15, 0.2) is 0 Å². The Labute approximate surface area is 598 Å². The van der Waals surface area contributed by atoms with Crippen molar-refractivity contribution in [2.75, 3.05) is 0 Å². The number of nitrogens with zero attached hydrogens (tertiary/aromatic N) is 4. The number of rotatable bonds is 8.